The lowest BCUT2D eigenvalue weighted by molar-refractivity contribution is -0.212. The summed E-state index contributed by atoms with van der Waals surface area (Å²) in [5.74, 6) is 0. The van der Waals surface area contributed by atoms with Crippen molar-refractivity contribution < 1.29 is 9.47 Å². The van der Waals surface area contributed by atoms with Gasteiger partial charge in [-0.2, -0.15) is 0 Å². The molecule has 1 aromatic carbocycles. The van der Waals surface area contributed by atoms with Gasteiger partial charge in [-0.05, 0) is 19.4 Å². The van der Waals surface area contributed by atoms with Gasteiger partial charge in [0.05, 0.1) is 12.7 Å². The Morgan fingerprint density at radius 3 is 2.86 bits per heavy atom. The summed E-state index contributed by atoms with van der Waals surface area (Å²) in [5, 5.41) is 0.701. The van der Waals surface area contributed by atoms with Crippen LogP contribution in [0.25, 0.3) is 0 Å². The van der Waals surface area contributed by atoms with Crippen LogP contribution < -0.4 is 0 Å². The first kappa shape index (κ1) is 9.97. The van der Waals surface area contributed by atoms with Gasteiger partial charge in [0.1, 0.15) is 0 Å². The van der Waals surface area contributed by atoms with Crippen LogP contribution in [-0.4, -0.2) is 12.7 Å². The lowest BCUT2D eigenvalue weighted by atomic mass is 10.2. The van der Waals surface area contributed by atoms with Crippen LogP contribution in [0.3, 0.4) is 0 Å². The highest BCUT2D eigenvalue weighted by molar-refractivity contribution is 6.31. The van der Waals surface area contributed by atoms with E-state index in [1.807, 2.05) is 31.2 Å². The zero-order chi connectivity index (χ0) is 9.97. The predicted molar refractivity (Wildman–Crippen MR) is 55.3 cm³/mol. The van der Waals surface area contributed by atoms with Crippen LogP contribution in [-0.2, 0) is 9.47 Å². The van der Waals surface area contributed by atoms with Crippen molar-refractivity contribution in [2.24, 2.45) is 0 Å². The van der Waals surface area contributed by atoms with Crippen LogP contribution >= 0.6 is 11.6 Å². The fourth-order valence-electron chi connectivity index (χ4n) is 1.49. The van der Waals surface area contributed by atoms with Crippen molar-refractivity contribution in [3.05, 3.63) is 34.9 Å². The maximum Gasteiger partial charge on any atom is 0.185 e. The summed E-state index contributed by atoms with van der Waals surface area (Å²) in [4.78, 5) is 0. The summed E-state index contributed by atoms with van der Waals surface area (Å²) in [7, 11) is 0. The maximum atomic E-state index is 6.05. The van der Waals surface area contributed by atoms with Crippen molar-refractivity contribution in [1.82, 2.24) is 0 Å². The van der Waals surface area contributed by atoms with E-state index in [1.165, 1.54) is 0 Å². The lowest BCUT2D eigenvalue weighted by Gasteiger charge is -2.28. The first-order valence-electron chi connectivity index (χ1n) is 4.79. The van der Waals surface area contributed by atoms with Crippen molar-refractivity contribution in [3.63, 3.8) is 0 Å². The van der Waals surface area contributed by atoms with Gasteiger partial charge in [-0.15, -0.1) is 0 Å². The van der Waals surface area contributed by atoms with Crippen molar-refractivity contribution in [3.8, 4) is 0 Å². The van der Waals surface area contributed by atoms with Gasteiger partial charge in [0.2, 0.25) is 0 Å². The molecule has 2 rings (SSSR count). The molecule has 1 aromatic rings. The molecule has 0 aliphatic carbocycles. The van der Waals surface area contributed by atoms with E-state index in [1.54, 1.807) is 0 Å². The predicted octanol–water partition coefficient (Wildman–Crippen LogP) is 3.16. The summed E-state index contributed by atoms with van der Waals surface area (Å²) in [6.45, 7) is 2.78. The first-order chi connectivity index (χ1) is 6.77. The van der Waals surface area contributed by atoms with Gasteiger partial charge >= 0.3 is 0 Å². The largest absolute Gasteiger partial charge is 0.348 e. The number of hydrogen-bond acceptors (Lipinski definition) is 2. The van der Waals surface area contributed by atoms with Crippen LogP contribution in [0.15, 0.2) is 24.3 Å². The topological polar surface area (TPSA) is 18.5 Å². The van der Waals surface area contributed by atoms with Gasteiger partial charge in [-0.3, -0.25) is 0 Å². The Morgan fingerprint density at radius 1 is 1.36 bits per heavy atom. The van der Waals surface area contributed by atoms with Gasteiger partial charge in [0.25, 0.3) is 0 Å². The Balaban J connectivity index is 2.18. The normalized spacial score (nSPS) is 27.6. The van der Waals surface area contributed by atoms with Crippen LogP contribution in [0.1, 0.15) is 25.2 Å². The Kier molecular flexibility index (Phi) is 3.06. The molecular weight excluding hydrogens is 200 g/mol. The molecule has 14 heavy (non-hydrogen) atoms. The molecule has 0 unspecified atom stereocenters. The molecule has 76 valence electrons. The molecular formula is C11H13ClO2. The molecule has 0 N–H and O–H groups in total. The minimum Gasteiger partial charge on any atom is -0.348 e. The molecule has 1 aliphatic rings. The second-order valence-electron chi connectivity index (χ2n) is 3.46. The van der Waals surface area contributed by atoms with E-state index in [2.05, 4.69) is 0 Å². The second-order valence-corrected chi connectivity index (χ2v) is 3.87. The lowest BCUT2D eigenvalue weighted by Crippen LogP contribution is -2.24. The van der Waals surface area contributed by atoms with E-state index < -0.39 is 0 Å². The fraction of sp³-hybridized carbons (Fsp3) is 0.455. The molecule has 1 saturated heterocycles. The third kappa shape index (κ3) is 2.08. The number of rotatable bonds is 1. The molecule has 0 radical (unpaired) electrons. The summed E-state index contributed by atoms with van der Waals surface area (Å²) in [6, 6.07) is 7.62. The van der Waals surface area contributed by atoms with Gasteiger partial charge in [-0.1, -0.05) is 29.8 Å². The van der Waals surface area contributed by atoms with Crippen molar-refractivity contribution in [2.75, 3.05) is 6.61 Å². The molecule has 0 aromatic heterocycles. The highest BCUT2D eigenvalue weighted by atomic mass is 35.5. The van der Waals surface area contributed by atoms with Crippen LogP contribution in [0.5, 0.6) is 0 Å². The van der Waals surface area contributed by atoms with Gasteiger partial charge in [0.15, 0.2) is 6.29 Å². The molecule has 2 atom stereocenters. The zero-order valence-corrected chi connectivity index (χ0v) is 8.83. The third-order valence-corrected chi connectivity index (χ3v) is 2.65. The number of ether oxygens (including phenoxy) is 2. The zero-order valence-electron chi connectivity index (χ0n) is 8.07. The fourth-order valence-corrected chi connectivity index (χ4v) is 1.71. The summed E-state index contributed by atoms with van der Waals surface area (Å²) in [5.41, 5.74) is 0.917. The first-order valence-corrected chi connectivity index (χ1v) is 5.16. The quantitative estimate of drug-likeness (QED) is 0.712. The molecule has 2 nitrogen and oxygen atoms in total. The van der Waals surface area contributed by atoms with Crippen molar-refractivity contribution in [2.45, 2.75) is 25.7 Å². The summed E-state index contributed by atoms with van der Waals surface area (Å²) >= 11 is 6.05. The van der Waals surface area contributed by atoms with Crippen LogP contribution in [0, 0.1) is 0 Å². The molecule has 1 fully saturated rings. The van der Waals surface area contributed by atoms with Crippen LogP contribution in [0.2, 0.25) is 5.02 Å². The van der Waals surface area contributed by atoms with Gasteiger partial charge in [-0.25, -0.2) is 0 Å². The van der Waals surface area contributed by atoms with Crippen molar-refractivity contribution in [1.29, 1.82) is 0 Å². The van der Waals surface area contributed by atoms with E-state index in [0.717, 1.165) is 18.6 Å². The number of hydrogen-bond donors (Lipinski definition) is 0. The van der Waals surface area contributed by atoms with E-state index in [0.29, 0.717) is 5.02 Å². The van der Waals surface area contributed by atoms with E-state index in [4.69, 9.17) is 21.1 Å². The summed E-state index contributed by atoms with van der Waals surface area (Å²) < 4.78 is 11.2. The average Bonchev–Trinajstić information content (AvgIpc) is 2.18. The van der Waals surface area contributed by atoms with Crippen molar-refractivity contribution >= 4 is 11.6 Å². The number of halogens is 1. The Hall–Kier alpha value is -0.570. The smallest absolute Gasteiger partial charge is 0.185 e. The average molecular weight is 213 g/mol. The minimum atomic E-state index is -0.299. The Labute approximate surface area is 88.8 Å². The molecule has 1 heterocycles. The molecule has 0 saturated carbocycles. The SMILES string of the molecule is C[C@H]1CCO[C@H](c2ccccc2Cl)O1. The highest BCUT2D eigenvalue weighted by Gasteiger charge is 2.22. The Morgan fingerprint density at radius 2 is 2.14 bits per heavy atom. The standard InChI is InChI=1S/C11H13ClO2/c1-8-6-7-13-11(14-8)9-4-2-3-5-10(9)12/h2-5,8,11H,6-7H2,1H3/t8-,11-/m0/s1. The molecule has 3 heteroatoms. The molecule has 0 amide bonds. The van der Waals surface area contributed by atoms with E-state index in [-0.39, 0.29) is 12.4 Å². The molecule has 1 aliphatic heterocycles. The molecule has 0 spiro atoms. The monoisotopic (exact) mass is 212 g/mol. The Bertz CT molecular complexity index is 314. The van der Waals surface area contributed by atoms with Crippen LogP contribution in [0.4, 0.5) is 0 Å². The molecule has 0 bridgehead atoms. The third-order valence-electron chi connectivity index (χ3n) is 2.31. The summed E-state index contributed by atoms with van der Waals surface area (Å²) in [6.07, 6.45) is 0.887. The van der Waals surface area contributed by atoms with E-state index >= 15 is 0 Å². The minimum absolute atomic E-state index is 0.241. The second kappa shape index (κ2) is 4.30. The highest BCUT2D eigenvalue weighted by Crippen LogP contribution is 2.30. The van der Waals surface area contributed by atoms with E-state index in [9.17, 15) is 0 Å². The maximum absolute atomic E-state index is 6.05. The van der Waals surface area contributed by atoms with Gasteiger partial charge in [0, 0.05) is 10.6 Å². The van der Waals surface area contributed by atoms with Gasteiger partial charge < -0.3 is 9.47 Å². The number of benzene rings is 1.